The van der Waals surface area contributed by atoms with Crippen LogP contribution >= 0.6 is 11.8 Å². The normalized spacial score (nSPS) is 12.0. The average Bonchev–Trinajstić information content (AvgIpc) is 2.94. The molecule has 0 aliphatic rings. The summed E-state index contributed by atoms with van der Waals surface area (Å²) in [5.41, 5.74) is 2.31. The summed E-state index contributed by atoms with van der Waals surface area (Å²) >= 11 is 1.31. The van der Waals surface area contributed by atoms with E-state index >= 15 is 0 Å². The molecule has 1 aromatic carbocycles. The van der Waals surface area contributed by atoms with Crippen molar-refractivity contribution in [3.05, 3.63) is 35.2 Å². The third kappa shape index (κ3) is 4.50. The molecule has 0 saturated carbocycles. The van der Waals surface area contributed by atoms with E-state index in [1.54, 1.807) is 0 Å². The van der Waals surface area contributed by atoms with Crippen molar-refractivity contribution in [3.63, 3.8) is 0 Å². The summed E-state index contributed by atoms with van der Waals surface area (Å²) in [6.07, 6.45) is -0.244. The van der Waals surface area contributed by atoms with Crippen LogP contribution in [-0.2, 0) is 16.1 Å². The van der Waals surface area contributed by atoms with E-state index < -0.39 is 0 Å². The Hall–Kier alpha value is -2.02. The number of carbonyl (C=O) groups excluding carboxylic acids is 1. The molecule has 0 spiro atoms. The molecule has 0 amide bonds. The van der Waals surface area contributed by atoms with Crippen molar-refractivity contribution in [3.8, 4) is 5.75 Å². The predicted octanol–water partition coefficient (Wildman–Crippen LogP) is 3.32. The number of carbonyl (C=O) groups is 1. The van der Waals surface area contributed by atoms with E-state index in [1.165, 1.54) is 18.9 Å². The number of esters is 1. The van der Waals surface area contributed by atoms with Gasteiger partial charge < -0.3 is 14.0 Å². The number of benzene rings is 1. The molecule has 6 nitrogen and oxygen atoms in total. The Labute approximate surface area is 146 Å². The maximum atomic E-state index is 11.3. The molecule has 1 unspecified atom stereocenters. The van der Waals surface area contributed by atoms with Crippen LogP contribution < -0.4 is 4.74 Å². The van der Waals surface area contributed by atoms with Gasteiger partial charge >= 0.3 is 5.97 Å². The Bertz CT molecular complexity index is 695. The first kappa shape index (κ1) is 18.3. The monoisotopic (exact) mass is 349 g/mol. The summed E-state index contributed by atoms with van der Waals surface area (Å²) in [7, 11) is 1.37. The van der Waals surface area contributed by atoms with Crippen molar-refractivity contribution in [2.45, 2.75) is 45.5 Å². The average molecular weight is 349 g/mol. The third-order valence-electron chi connectivity index (χ3n) is 3.48. The molecule has 130 valence electrons. The quantitative estimate of drug-likeness (QED) is 0.564. The van der Waals surface area contributed by atoms with Gasteiger partial charge in [0.05, 0.1) is 12.9 Å². The molecule has 0 aliphatic heterocycles. The zero-order valence-corrected chi connectivity index (χ0v) is 15.5. The largest absolute Gasteiger partial charge is 0.483 e. The van der Waals surface area contributed by atoms with Crippen LogP contribution in [0.3, 0.4) is 0 Å². The Balaban J connectivity index is 2.15. The van der Waals surface area contributed by atoms with Crippen molar-refractivity contribution in [2.24, 2.45) is 0 Å². The standard InChI is InChI=1S/C17H23N3O3S/c1-6-20-16(18-19-17(20)24-10-15(21)22-5)13(4)23-14-8-11(2)7-12(3)9-14/h7-9,13H,6,10H2,1-5H3. The van der Waals surface area contributed by atoms with Gasteiger partial charge in [0.15, 0.2) is 17.1 Å². The number of hydrogen-bond acceptors (Lipinski definition) is 6. The lowest BCUT2D eigenvalue weighted by atomic mass is 10.1. The number of aryl methyl sites for hydroxylation is 2. The Morgan fingerprint density at radius 1 is 1.25 bits per heavy atom. The van der Waals surface area contributed by atoms with E-state index in [0.717, 1.165) is 22.7 Å². The van der Waals surface area contributed by atoms with Crippen molar-refractivity contribution < 1.29 is 14.3 Å². The lowest BCUT2D eigenvalue weighted by Crippen LogP contribution is -2.12. The van der Waals surface area contributed by atoms with Gasteiger partial charge in [-0.3, -0.25) is 4.79 Å². The highest BCUT2D eigenvalue weighted by Crippen LogP contribution is 2.26. The van der Waals surface area contributed by atoms with Gasteiger partial charge in [-0.25, -0.2) is 0 Å². The molecular formula is C17H23N3O3S. The highest BCUT2D eigenvalue weighted by molar-refractivity contribution is 7.99. The maximum absolute atomic E-state index is 11.3. The number of thioether (sulfide) groups is 1. The molecule has 0 aliphatic carbocycles. The van der Waals surface area contributed by atoms with Gasteiger partial charge in [0.2, 0.25) is 0 Å². The summed E-state index contributed by atoms with van der Waals surface area (Å²) in [4.78, 5) is 11.3. The van der Waals surface area contributed by atoms with Crippen molar-refractivity contribution in [2.75, 3.05) is 12.9 Å². The van der Waals surface area contributed by atoms with Crippen LogP contribution in [0.25, 0.3) is 0 Å². The first-order valence-corrected chi connectivity index (χ1v) is 8.80. The molecular weight excluding hydrogens is 326 g/mol. The molecule has 0 saturated heterocycles. The molecule has 2 aromatic rings. The minimum Gasteiger partial charge on any atom is -0.483 e. The van der Waals surface area contributed by atoms with Crippen molar-refractivity contribution >= 4 is 17.7 Å². The van der Waals surface area contributed by atoms with E-state index in [0.29, 0.717) is 11.7 Å². The SMILES string of the molecule is CCn1c(SCC(=O)OC)nnc1C(C)Oc1cc(C)cc(C)c1. The van der Waals surface area contributed by atoms with Crippen LogP contribution in [0, 0.1) is 13.8 Å². The summed E-state index contributed by atoms with van der Waals surface area (Å²) in [6.45, 7) is 8.74. The molecule has 24 heavy (non-hydrogen) atoms. The van der Waals surface area contributed by atoms with Gasteiger partial charge in [0.25, 0.3) is 0 Å². The molecule has 0 radical (unpaired) electrons. The second kappa shape index (κ2) is 8.19. The smallest absolute Gasteiger partial charge is 0.316 e. The number of hydrogen-bond donors (Lipinski definition) is 0. The lowest BCUT2D eigenvalue weighted by molar-refractivity contribution is -0.137. The Kier molecular flexibility index (Phi) is 6.25. The highest BCUT2D eigenvalue weighted by atomic mass is 32.2. The second-order valence-electron chi connectivity index (χ2n) is 5.53. The number of methoxy groups -OCH3 is 1. The van der Waals surface area contributed by atoms with E-state index in [-0.39, 0.29) is 17.8 Å². The number of ether oxygens (including phenoxy) is 2. The first-order valence-electron chi connectivity index (χ1n) is 7.82. The molecule has 0 bridgehead atoms. The third-order valence-corrected chi connectivity index (χ3v) is 4.42. The van der Waals surface area contributed by atoms with Crippen LogP contribution in [0.2, 0.25) is 0 Å². The molecule has 1 heterocycles. The topological polar surface area (TPSA) is 66.2 Å². The van der Waals surface area contributed by atoms with Crippen LogP contribution in [0.4, 0.5) is 0 Å². The van der Waals surface area contributed by atoms with Crippen molar-refractivity contribution in [1.82, 2.24) is 14.8 Å². The lowest BCUT2D eigenvalue weighted by Gasteiger charge is -2.16. The Morgan fingerprint density at radius 3 is 2.50 bits per heavy atom. The summed E-state index contributed by atoms with van der Waals surface area (Å²) in [6, 6.07) is 6.11. The molecule has 1 atom stereocenters. The molecule has 0 N–H and O–H groups in total. The van der Waals surface area contributed by atoms with E-state index in [9.17, 15) is 4.79 Å². The number of rotatable bonds is 7. The summed E-state index contributed by atoms with van der Waals surface area (Å²) < 4.78 is 12.7. The second-order valence-corrected chi connectivity index (χ2v) is 6.48. The van der Waals surface area contributed by atoms with Crippen LogP contribution in [0.5, 0.6) is 5.75 Å². The maximum Gasteiger partial charge on any atom is 0.316 e. The van der Waals surface area contributed by atoms with Gasteiger partial charge in [-0.15, -0.1) is 10.2 Å². The zero-order valence-electron chi connectivity index (χ0n) is 14.7. The zero-order chi connectivity index (χ0) is 17.7. The number of nitrogens with zero attached hydrogens (tertiary/aromatic N) is 3. The fourth-order valence-corrected chi connectivity index (χ4v) is 3.29. The van der Waals surface area contributed by atoms with Gasteiger partial charge in [0, 0.05) is 6.54 Å². The van der Waals surface area contributed by atoms with Crippen LogP contribution in [-0.4, -0.2) is 33.6 Å². The summed E-state index contributed by atoms with van der Waals surface area (Å²) in [5.74, 6) is 1.48. The minimum atomic E-state index is -0.285. The Morgan fingerprint density at radius 2 is 1.92 bits per heavy atom. The molecule has 1 aromatic heterocycles. The van der Waals surface area contributed by atoms with Gasteiger partial charge in [-0.1, -0.05) is 17.8 Å². The van der Waals surface area contributed by atoms with E-state index in [4.69, 9.17) is 4.74 Å². The molecule has 2 rings (SSSR count). The van der Waals surface area contributed by atoms with Gasteiger partial charge in [-0.05, 0) is 51.0 Å². The van der Waals surface area contributed by atoms with Crippen LogP contribution in [0.15, 0.2) is 23.4 Å². The van der Waals surface area contributed by atoms with Crippen molar-refractivity contribution in [1.29, 1.82) is 0 Å². The van der Waals surface area contributed by atoms with Crippen LogP contribution in [0.1, 0.15) is 36.9 Å². The highest BCUT2D eigenvalue weighted by Gasteiger charge is 2.19. The molecule has 0 fully saturated rings. The van der Waals surface area contributed by atoms with E-state index in [2.05, 4.69) is 21.0 Å². The summed E-state index contributed by atoms with van der Waals surface area (Å²) in [5, 5.41) is 9.11. The first-order chi connectivity index (χ1) is 11.4. The fourth-order valence-electron chi connectivity index (χ4n) is 2.44. The number of aromatic nitrogens is 3. The predicted molar refractivity (Wildman–Crippen MR) is 93.4 cm³/mol. The van der Waals surface area contributed by atoms with Gasteiger partial charge in [0.1, 0.15) is 5.75 Å². The fraction of sp³-hybridized carbons (Fsp3) is 0.471. The minimum absolute atomic E-state index is 0.209. The van der Waals surface area contributed by atoms with E-state index in [1.807, 2.05) is 44.4 Å². The molecule has 7 heteroatoms. The van der Waals surface area contributed by atoms with Gasteiger partial charge in [-0.2, -0.15) is 0 Å².